The Morgan fingerprint density at radius 3 is 2.61 bits per heavy atom. The number of para-hydroxylation sites is 1. The Balaban J connectivity index is 1.61. The quantitative estimate of drug-likeness (QED) is 0.455. The molecule has 0 aliphatic carbocycles. The van der Waals surface area contributed by atoms with E-state index in [1.54, 1.807) is 6.08 Å². The molecule has 5 nitrogen and oxygen atoms in total. The van der Waals surface area contributed by atoms with E-state index >= 15 is 0 Å². The van der Waals surface area contributed by atoms with Gasteiger partial charge in [-0.1, -0.05) is 56.7 Å². The predicted octanol–water partition coefficient (Wildman–Crippen LogP) is 4.13. The number of carbonyl (C=O) groups excluding carboxylic acids is 1. The molecular weight excluding hydrogens is 368 g/mol. The van der Waals surface area contributed by atoms with Gasteiger partial charge in [0.2, 0.25) is 5.91 Å². The molecule has 4 N–H and O–H groups in total. The third-order valence-corrected chi connectivity index (χ3v) is 7.60. The van der Waals surface area contributed by atoms with Crippen LogP contribution in [0.1, 0.15) is 31.4 Å². The summed E-state index contributed by atoms with van der Waals surface area (Å²) in [6.07, 6.45) is 4.62. The second-order valence-corrected chi connectivity index (χ2v) is 10.0. The van der Waals surface area contributed by atoms with Gasteiger partial charge in [0, 0.05) is 28.3 Å². The second kappa shape index (κ2) is 8.56. The van der Waals surface area contributed by atoms with Gasteiger partial charge in [-0.15, -0.1) is 0 Å². The molecule has 0 aliphatic rings. The minimum absolute atomic E-state index is 0.0815. The molecule has 146 valence electrons. The number of nitrogens with one attached hydrogen (secondary N) is 2. The van der Waals surface area contributed by atoms with Crippen molar-refractivity contribution in [2.45, 2.75) is 32.2 Å². The number of carbonyl (C=O) groups is 1. The van der Waals surface area contributed by atoms with Gasteiger partial charge >= 0.3 is 8.56 Å². The first-order chi connectivity index (χ1) is 13.4. The average molecular weight is 395 g/mol. The van der Waals surface area contributed by atoms with Gasteiger partial charge in [0.15, 0.2) is 0 Å². The van der Waals surface area contributed by atoms with Crippen molar-refractivity contribution in [2.24, 2.45) is 0 Å². The molecular formula is C22H26N2O3Si. The van der Waals surface area contributed by atoms with Gasteiger partial charge in [-0.3, -0.25) is 4.79 Å². The number of amides is 1. The maximum Gasteiger partial charge on any atom is 0.362 e. The van der Waals surface area contributed by atoms with Gasteiger partial charge < -0.3 is 19.9 Å². The number of aromatic nitrogens is 1. The zero-order chi connectivity index (χ0) is 20.1. The van der Waals surface area contributed by atoms with E-state index in [2.05, 4.69) is 10.3 Å². The minimum Gasteiger partial charge on any atom is -0.408 e. The van der Waals surface area contributed by atoms with Crippen LogP contribution in [0.5, 0.6) is 0 Å². The van der Waals surface area contributed by atoms with E-state index in [4.69, 9.17) is 0 Å². The Morgan fingerprint density at radius 1 is 1.18 bits per heavy atom. The lowest BCUT2D eigenvalue weighted by atomic mass is 10.1. The van der Waals surface area contributed by atoms with Crippen LogP contribution in [0.15, 0.2) is 60.4 Å². The van der Waals surface area contributed by atoms with Gasteiger partial charge in [-0.25, -0.2) is 0 Å². The molecule has 3 rings (SSSR count). The number of rotatable bonds is 7. The summed E-state index contributed by atoms with van der Waals surface area (Å²) >= 11 is 0. The third kappa shape index (κ3) is 4.78. The summed E-state index contributed by atoms with van der Waals surface area (Å²) in [6, 6.07) is 15.2. The third-order valence-electron chi connectivity index (χ3n) is 5.08. The highest BCUT2D eigenvalue weighted by molar-refractivity contribution is 6.72. The summed E-state index contributed by atoms with van der Waals surface area (Å²) < 4.78 is 0. The molecule has 0 aliphatic heterocycles. The molecule has 0 radical (unpaired) electrons. The fraction of sp³-hybridized carbons (Fsp3) is 0.227. The standard InChI is InChI=1S/C22H26N2O3Si/c1-3-16(2)28(26,27)13-12-17-8-10-19(11-9-17)24-22(25)14-18-15-23-21-7-5-4-6-20(18)21/h4-13,15-16,23,26-27H,3,14H2,1-2H3,(H,24,25)/b13-12+. The molecule has 3 aromatic rings. The molecule has 0 saturated carbocycles. The first kappa shape index (κ1) is 20.1. The van der Waals surface area contributed by atoms with E-state index in [0.29, 0.717) is 12.1 Å². The van der Waals surface area contributed by atoms with Crippen molar-refractivity contribution in [3.05, 3.63) is 71.6 Å². The highest BCUT2D eigenvalue weighted by Gasteiger charge is 2.32. The van der Waals surface area contributed by atoms with Gasteiger partial charge in [0.05, 0.1) is 6.42 Å². The molecule has 0 saturated heterocycles. The molecule has 0 bridgehead atoms. The first-order valence-electron chi connectivity index (χ1n) is 9.48. The van der Waals surface area contributed by atoms with Crippen LogP contribution in [-0.4, -0.2) is 29.0 Å². The predicted molar refractivity (Wildman–Crippen MR) is 116 cm³/mol. The highest BCUT2D eigenvalue weighted by Crippen LogP contribution is 2.22. The van der Waals surface area contributed by atoms with E-state index in [-0.39, 0.29) is 11.4 Å². The molecule has 1 unspecified atom stereocenters. The molecule has 1 heterocycles. The molecule has 0 spiro atoms. The number of hydrogen-bond donors (Lipinski definition) is 4. The van der Waals surface area contributed by atoms with Crippen molar-refractivity contribution in [3.8, 4) is 0 Å². The van der Waals surface area contributed by atoms with Crippen LogP contribution in [0.25, 0.3) is 17.0 Å². The van der Waals surface area contributed by atoms with Crippen molar-refractivity contribution in [2.75, 3.05) is 5.32 Å². The Morgan fingerprint density at radius 2 is 1.89 bits per heavy atom. The number of fused-ring (bicyclic) bond motifs is 1. The van der Waals surface area contributed by atoms with Gasteiger partial charge in [-0.2, -0.15) is 0 Å². The fourth-order valence-electron chi connectivity index (χ4n) is 3.02. The lowest BCUT2D eigenvalue weighted by Gasteiger charge is -2.19. The Labute approximate surface area is 166 Å². The van der Waals surface area contributed by atoms with Crippen LogP contribution in [0.4, 0.5) is 5.69 Å². The van der Waals surface area contributed by atoms with Gasteiger partial charge in [-0.05, 0) is 35.0 Å². The summed E-state index contributed by atoms with van der Waals surface area (Å²) in [5, 5.41) is 3.96. The number of hydrogen-bond acceptors (Lipinski definition) is 3. The lowest BCUT2D eigenvalue weighted by Crippen LogP contribution is -2.37. The van der Waals surface area contributed by atoms with Crippen LogP contribution < -0.4 is 5.32 Å². The van der Waals surface area contributed by atoms with E-state index in [9.17, 15) is 14.4 Å². The molecule has 0 fully saturated rings. The van der Waals surface area contributed by atoms with Crippen molar-refractivity contribution in [1.82, 2.24) is 4.98 Å². The normalized spacial score (nSPS) is 13.1. The van der Waals surface area contributed by atoms with E-state index < -0.39 is 8.56 Å². The van der Waals surface area contributed by atoms with E-state index in [1.165, 1.54) is 5.70 Å². The highest BCUT2D eigenvalue weighted by atomic mass is 28.4. The summed E-state index contributed by atoms with van der Waals surface area (Å²) in [7, 11) is -3.34. The minimum atomic E-state index is -3.34. The monoisotopic (exact) mass is 394 g/mol. The summed E-state index contributed by atoms with van der Waals surface area (Å²) in [5.74, 6) is -0.0815. The van der Waals surface area contributed by atoms with Crippen LogP contribution in [-0.2, 0) is 11.2 Å². The second-order valence-electron chi connectivity index (χ2n) is 7.13. The molecule has 28 heavy (non-hydrogen) atoms. The largest absolute Gasteiger partial charge is 0.408 e. The molecule has 1 atom stereocenters. The Bertz CT molecular complexity index is 977. The van der Waals surface area contributed by atoms with Crippen molar-refractivity contribution in [3.63, 3.8) is 0 Å². The smallest absolute Gasteiger partial charge is 0.362 e. The van der Waals surface area contributed by atoms with Crippen molar-refractivity contribution >= 4 is 37.1 Å². The van der Waals surface area contributed by atoms with Crippen LogP contribution in [0, 0.1) is 0 Å². The van der Waals surface area contributed by atoms with Crippen LogP contribution >= 0.6 is 0 Å². The lowest BCUT2D eigenvalue weighted by molar-refractivity contribution is -0.115. The first-order valence-corrected chi connectivity index (χ1v) is 11.5. The molecule has 1 amide bonds. The zero-order valence-corrected chi connectivity index (χ0v) is 17.1. The maximum absolute atomic E-state index is 12.4. The van der Waals surface area contributed by atoms with Crippen LogP contribution in [0.2, 0.25) is 5.54 Å². The van der Waals surface area contributed by atoms with Gasteiger partial charge in [0.25, 0.3) is 0 Å². The number of aromatic amines is 1. The maximum atomic E-state index is 12.4. The zero-order valence-electron chi connectivity index (χ0n) is 16.1. The van der Waals surface area contributed by atoms with Crippen molar-refractivity contribution < 1.29 is 14.4 Å². The Hall–Kier alpha value is -2.67. The number of anilines is 1. The van der Waals surface area contributed by atoms with Crippen LogP contribution in [0.3, 0.4) is 0 Å². The molecule has 2 aromatic carbocycles. The average Bonchev–Trinajstić information content (AvgIpc) is 3.09. The molecule has 1 aromatic heterocycles. The van der Waals surface area contributed by atoms with E-state index in [0.717, 1.165) is 28.5 Å². The summed E-state index contributed by atoms with van der Waals surface area (Å²) in [4.78, 5) is 35.9. The number of H-pyrrole nitrogens is 1. The van der Waals surface area contributed by atoms with Crippen molar-refractivity contribution in [1.29, 1.82) is 0 Å². The summed E-state index contributed by atoms with van der Waals surface area (Å²) in [5.41, 5.74) is 4.97. The summed E-state index contributed by atoms with van der Waals surface area (Å²) in [6.45, 7) is 3.79. The molecule has 6 heteroatoms. The Kier molecular flexibility index (Phi) is 6.14. The number of benzene rings is 2. The SMILES string of the molecule is CCC(C)[Si](O)(O)/C=C/c1ccc(NC(=O)Cc2c[nH]c3ccccc23)cc1. The fourth-order valence-corrected chi connectivity index (χ4v) is 4.38. The topological polar surface area (TPSA) is 85.3 Å². The van der Waals surface area contributed by atoms with Gasteiger partial charge in [0.1, 0.15) is 0 Å². The van der Waals surface area contributed by atoms with E-state index in [1.807, 2.05) is 68.6 Å².